The van der Waals surface area contributed by atoms with Gasteiger partial charge in [0.15, 0.2) is 0 Å². The van der Waals surface area contributed by atoms with Crippen LogP contribution in [0.2, 0.25) is 0 Å². The van der Waals surface area contributed by atoms with Gasteiger partial charge in [0, 0.05) is 21.1 Å². The Hall–Kier alpha value is -0.570. The lowest BCUT2D eigenvalue weighted by molar-refractivity contribution is 0.223. The van der Waals surface area contributed by atoms with E-state index >= 15 is 0 Å². The monoisotopic (exact) mass is 144 g/mol. The van der Waals surface area contributed by atoms with Crippen molar-refractivity contribution in [2.45, 2.75) is 19.4 Å². The summed E-state index contributed by atoms with van der Waals surface area (Å²) in [6.45, 7) is 1.93. The van der Waals surface area contributed by atoms with Crippen molar-refractivity contribution in [3.05, 3.63) is 0 Å². The zero-order chi connectivity index (χ0) is 8.15. The molecule has 0 amide bonds. The molecule has 1 unspecified atom stereocenters. The second kappa shape index (κ2) is 4.28. The van der Waals surface area contributed by atoms with Gasteiger partial charge < -0.3 is 10.0 Å². The van der Waals surface area contributed by atoms with E-state index in [0.717, 1.165) is 5.84 Å². The number of hydrogen-bond acceptors (Lipinski definition) is 2. The molecular weight excluding hydrogens is 128 g/mol. The highest BCUT2D eigenvalue weighted by atomic mass is 16.3. The Morgan fingerprint density at radius 3 is 2.20 bits per heavy atom. The fourth-order valence-corrected chi connectivity index (χ4v) is 0.830. The molecular formula is C7H16N2O. The SMILES string of the molecule is CCC(O)C(=NC)N(C)C. The molecule has 0 aromatic carbocycles. The highest BCUT2D eigenvalue weighted by Gasteiger charge is 2.10. The van der Waals surface area contributed by atoms with E-state index in [2.05, 4.69) is 4.99 Å². The molecule has 0 rings (SSSR count). The Morgan fingerprint density at radius 1 is 1.60 bits per heavy atom. The van der Waals surface area contributed by atoms with E-state index in [0.29, 0.717) is 6.42 Å². The number of amidine groups is 1. The number of likely N-dealkylation sites (N-methyl/N-ethyl adjacent to an activating group) is 1. The number of aliphatic hydroxyl groups is 1. The van der Waals surface area contributed by atoms with Gasteiger partial charge in [0.05, 0.1) is 0 Å². The van der Waals surface area contributed by atoms with E-state index in [-0.39, 0.29) is 0 Å². The van der Waals surface area contributed by atoms with Gasteiger partial charge in [0.2, 0.25) is 0 Å². The number of nitrogens with zero attached hydrogens (tertiary/aromatic N) is 2. The lowest BCUT2D eigenvalue weighted by Crippen LogP contribution is -2.33. The first kappa shape index (κ1) is 9.43. The Balaban J connectivity index is 4.08. The zero-order valence-electron chi connectivity index (χ0n) is 7.13. The van der Waals surface area contributed by atoms with Crippen LogP contribution in [0.15, 0.2) is 4.99 Å². The molecule has 10 heavy (non-hydrogen) atoms. The summed E-state index contributed by atoms with van der Waals surface area (Å²) >= 11 is 0. The van der Waals surface area contributed by atoms with E-state index in [1.807, 2.05) is 25.9 Å². The Labute approximate surface area is 62.4 Å². The van der Waals surface area contributed by atoms with Gasteiger partial charge in [-0.25, -0.2) is 0 Å². The molecule has 0 aromatic heterocycles. The fourth-order valence-electron chi connectivity index (χ4n) is 0.830. The van der Waals surface area contributed by atoms with Crippen LogP contribution in [0, 0.1) is 0 Å². The molecule has 0 radical (unpaired) electrons. The molecule has 1 N–H and O–H groups in total. The van der Waals surface area contributed by atoms with Crippen molar-refractivity contribution in [2.75, 3.05) is 21.1 Å². The Kier molecular flexibility index (Phi) is 4.03. The lowest BCUT2D eigenvalue weighted by Gasteiger charge is -2.18. The van der Waals surface area contributed by atoms with E-state index in [4.69, 9.17) is 0 Å². The minimum Gasteiger partial charge on any atom is -0.385 e. The summed E-state index contributed by atoms with van der Waals surface area (Å²) in [5.41, 5.74) is 0. The van der Waals surface area contributed by atoms with Crippen molar-refractivity contribution in [1.29, 1.82) is 0 Å². The predicted octanol–water partition coefficient (Wildman–Crippen LogP) is 0.347. The predicted molar refractivity (Wildman–Crippen MR) is 43.3 cm³/mol. The van der Waals surface area contributed by atoms with Crippen LogP contribution in [0.5, 0.6) is 0 Å². The molecule has 3 nitrogen and oxygen atoms in total. The molecule has 0 spiro atoms. The first-order valence-electron chi connectivity index (χ1n) is 3.45. The summed E-state index contributed by atoms with van der Waals surface area (Å²) < 4.78 is 0. The third-order valence-electron chi connectivity index (χ3n) is 1.37. The first-order chi connectivity index (χ1) is 4.63. The summed E-state index contributed by atoms with van der Waals surface area (Å²) in [7, 11) is 5.44. The van der Waals surface area contributed by atoms with Crippen LogP contribution < -0.4 is 0 Å². The second-order valence-electron chi connectivity index (χ2n) is 2.40. The highest BCUT2D eigenvalue weighted by molar-refractivity contribution is 5.85. The van der Waals surface area contributed by atoms with Gasteiger partial charge in [-0.05, 0) is 6.42 Å². The Morgan fingerprint density at radius 2 is 2.10 bits per heavy atom. The molecule has 0 aromatic rings. The Bertz CT molecular complexity index is 121. The maximum atomic E-state index is 9.32. The summed E-state index contributed by atoms with van der Waals surface area (Å²) in [6.07, 6.45) is 0.296. The van der Waals surface area contributed by atoms with Gasteiger partial charge in [-0.15, -0.1) is 0 Å². The lowest BCUT2D eigenvalue weighted by atomic mass is 10.2. The third-order valence-corrected chi connectivity index (χ3v) is 1.37. The number of hydrogen-bond donors (Lipinski definition) is 1. The van der Waals surface area contributed by atoms with Crippen molar-refractivity contribution in [1.82, 2.24) is 4.90 Å². The summed E-state index contributed by atoms with van der Waals surface area (Å²) in [4.78, 5) is 5.78. The quantitative estimate of drug-likeness (QED) is 0.448. The van der Waals surface area contributed by atoms with Gasteiger partial charge in [-0.2, -0.15) is 0 Å². The van der Waals surface area contributed by atoms with Crippen LogP contribution >= 0.6 is 0 Å². The molecule has 3 heteroatoms. The minimum absolute atomic E-state index is 0.417. The van der Waals surface area contributed by atoms with Gasteiger partial charge in [0.25, 0.3) is 0 Å². The molecule has 1 atom stereocenters. The van der Waals surface area contributed by atoms with Crippen LogP contribution in [0.25, 0.3) is 0 Å². The van der Waals surface area contributed by atoms with Gasteiger partial charge in [-0.3, -0.25) is 4.99 Å². The van der Waals surface area contributed by atoms with Crippen LogP contribution in [-0.2, 0) is 0 Å². The van der Waals surface area contributed by atoms with Gasteiger partial charge in [0.1, 0.15) is 11.9 Å². The van der Waals surface area contributed by atoms with Crippen LogP contribution in [0.1, 0.15) is 13.3 Å². The largest absolute Gasteiger partial charge is 0.385 e. The van der Waals surface area contributed by atoms with E-state index in [1.165, 1.54) is 0 Å². The number of aliphatic imine (C=N–C) groups is 1. The van der Waals surface area contributed by atoms with Gasteiger partial charge >= 0.3 is 0 Å². The fraction of sp³-hybridized carbons (Fsp3) is 0.857. The average molecular weight is 144 g/mol. The highest BCUT2D eigenvalue weighted by Crippen LogP contribution is 1.96. The maximum Gasteiger partial charge on any atom is 0.127 e. The molecule has 0 aliphatic carbocycles. The van der Waals surface area contributed by atoms with Crippen molar-refractivity contribution in [3.8, 4) is 0 Å². The standard InChI is InChI=1S/C7H16N2O/c1-5-6(10)7(8-2)9(3)4/h6,10H,5H2,1-4H3. The van der Waals surface area contributed by atoms with Crippen LogP contribution in [-0.4, -0.2) is 43.1 Å². The van der Waals surface area contributed by atoms with Crippen LogP contribution in [0.4, 0.5) is 0 Å². The second-order valence-corrected chi connectivity index (χ2v) is 2.40. The van der Waals surface area contributed by atoms with Crippen molar-refractivity contribution in [2.24, 2.45) is 4.99 Å². The maximum absolute atomic E-state index is 9.32. The summed E-state index contributed by atoms with van der Waals surface area (Å²) in [6, 6.07) is 0. The normalized spacial score (nSPS) is 15.1. The van der Waals surface area contributed by atoms with Gasteiger partial charge in [-0.1, -0.05) is 6.92 Å². The molecule has 0 saturated heterocycles. The number of rotatable bonds is 2. The first-order valence-corrected chi connectivity index (χ1v) is 3.45. The molecule has 0 bridgehead atoms. The van der Waals surface area contributed by atoms with Crippen molar-refractivity contribution < 1.29 is 5.11 Å². The summed E-state index contributed by atoms with van der Waals surface area (Å²) in [5.74, 6) is 0.738. The smallest absolute Gasteiger partial charge is 0.127 e. The van der Waals surface area contributed by atoms with E-state index in [9.17, 15) is 5.11 Å². The van der Waals surface area contributed by atoms with Crippen LogP contribution in [0.3, 0.4) is 0 Å². The summed E-state index contributed by atoms with van der Waals surface area (Å²) in [5, 5.41) is 9.32. The molecule has 0 heterocycles. The zero-order valence-corrected chi connectivity index (χ0v) is 7.13. The van der Waals surface area contributed by atoms with E-state index in [1.54, 1.807) is 7.05 Å². The molecule has 0 aliphatic heterocycles. The van der Waals surface area contributed by atoms with Crippen molar-refractivity contribution >= 4 is 5.84 Å². The molecule has 0 saturated carbocycles. The average Bonchev–Trinajstić information content (AvgIpc) is 1.88. The topological polar surface area (TPSA) is 35.8 Å². The molecule has 60 valence electrons. The minimum atomic E-state index is -0.417. The number of aliphatic hydroxyl groups excluding tert-OH is 1. The molecule has 0 fully saturated rings. The molecule has 0 aliphatic rings. The van der Waals surface area contributed by atoms with Crippen molar-refractivity contribution in [3.63, 3.8) is 0 Å². The van der Waals surface area contributed by atoms with E-state index < -0.39 is 6.10 Å². The third kappa shape index (κ3) is 2.35.